The monoisotopic (exact) mass is 106 g/mol. The van der Waals surface area contributed by atoms with Crippen LogP contribution in [0.5, 0.6) is 0 Å². The summed E-state index contributed by atoms with van der Waals surface area (Å²) in [5.41, 5.74) is 0.231. The van der Waals surface area contributed by atoms with Crippen LogP contribution in [0, 0.1) is 17.9 Å². The van der Waals surface area contributed by atoms with Gasteiger partial charge in [-0.1, -0.05) is 32.1 Å². The van der Waals surface area contributed by atoms with E-state index in [-0.39, 0.29) is 5.41 Å². The van der Waals surface area contributed by atoms with Crippen LogP contribution in [0.15, 0.2) is 18.2 Å². The molecule has 0 bridgehead atoms. The largest absolute Gasteiger partial charge is 0.0792 e. The van der Waals surface area contributed by atoms with E-state index in [0.29, 0.717) is 0 Å². The highest BCUT2D eigenvalue weighted by Crippen LogP contribution is 2.21. The molecule has 0 heteroatoms. The summed E-state index contributed by atoms with van der Waals surface area (Å²) in [5, 5.41) is 0. The minimum absolute atomic E-state index is 0.231. The Morgan fingerprint density at radius 2 is 2.12 bits per heavy atom. The maximum atomic E-state index is 3.04. The molecule has 0 atom stereocenters. The van der Waals surface area contributed by atoms with Crippen LogP contribution in [0.25, 0.3) is 0 Å². The number of allylic oxidation sites excluding steroid dienone is 4. The molecule has 1 rings (SSSR count). The van der Waals surface area contributed by atoms with E-state index in [4.69, 9.17) is 0 Å². The average molecular weight is 106 g/mol. The number of hydrogen-bond donors (Lipinski definition) is 0. The summed E-state index contributed by atoms with van der Waals surface area (Å²) < 4.78 is 0. The molecule has 0 heterocycles. The molecule has 0 amide bonds. The van der Waals surface area contributed by atoms with Crippen molar-refractivity contribution in [3.05, 3.63) is 30.7 Å². The molecule has 1 aliphatic rings. The molecule has 0 aromatic rings. The Hall–Kier alpha value is -0.520. The van der Waals surface area contributed by atoms with Crippen molar-refractivity contribution >= 4 is 0 Å². The lowest BCUT2D eigenvalue weighted by Gasteiger charge is -2.16. The quantitative estimate of drug-likeness (QED) is 0.444. The molecule has 42 valence electrons. The lowest BCUT2D eigenvalue weighted by molar-refractivity contribution is 0.618. The van der Waals surface area contributed by atoms with Crippen LogP contribution in [0.2, 0.25) is 0 Å². The summed E-state index contributed by atoms with van der Waals surface area (Å²) >= 11 is 0. The molecule has 0 aromatic heterocycles. The van der Waals surface area contributed by atoms with Gasteiger partial charge in [-0.2, -0.15) is 0 Å². The molecule has 0 aliphatic heterocycles. The zero-order valence-corrected chi connectivity index (χ0v) is 5.31. The summed E-state index contributed by atoms with van der Waals surface area (Å²) in [4.78, 5) is 0. The molecule has 0 N–H and O–H groups in total. The van der Waals surface area contributed by atoms with Crippen LogP contribution < -0.4 is 0 Å². The molecule has 0 spiro atoms. The highest BCUT2D eigenvalue weighted by molar-refractivity contribution is 5.18. The highest BCUT2D eigenvalue weighted by Gasteiger charge is 2.09. The molecule has 0 saturated carbocycles. The predicted octanol–water partition coefficient (Wildman–Crippen LogP) is 2.15. The first-order chi connectivity index (χ1) is 3.71. The summed E-state index contributed by atoms with van der Waals surface area (Å²) in [6.07, 6.45) is 11.2. The Bertz CT molecular complexity index is 113. The topological polar surface area (TPSA) is 0 Å². The van der Waals surface area contributed by atoms with E-state index in [1.54, 1.807) is 0 Å². The van der Waals surface area contributed by atoms with Gasteiger partial charge in [-0.3, -0.25) is 0 Å². The Balaban J connectivity index is 2.69. The Kier molecular flexibility index (Phi) is 1.24. The number of rotatable bonds is 0. The normalized spacial score (nSPS) is 23.8. The second-order valence-corrected chi connectivity index (χ2v) is 2.66. The van der Waals surface area contributed by atoms with Crippen LogP contribution in [0.1, 0.15) is 13.8 Å². The molecule has 0 nitrogen and oxygen atoms in total. The van der Waals surface area contributed by atoms with Crippen molar-refractivity contribution in [2.75, 3.05) is 0 Å². The van der Waals surface area contributed by atoms with Gasteiger partial charge >= 0.3 is 0 Å². The third-order valence-corrected chi connectivity index (χ3v) is 1.17. The fraction of sp³-hybridized carbons (Fsp3) is 0.375. The van der Waals surface area contributed by atoms with E-state index in [9.17, 15) is 0 Å². The number of hydrogen-bond acceptors (Lipinski definition) is 0. The molecule has 0 saturated heterocycles. The van der Waals surface area contributed by atoms with E-state index in [1.807, 2.05) is 12.5 Å². The van der Waals surface area contributed by atoms with Crippen LogP contribution in [0.4, 0.5) is 0 Å². The van der Waals surface area contributed by atoms with Crippen molar-refractivity contribution in [3.8, 4) is 0 Å². The van der Waals surface area contributed by atoms with Gasteiger partial charge in [0, 0.05) is 11.8 Å². The Labute approximate surface area is 50.9 Å². The van der Waals surface area contributed by atoms with E-state index in [1.165, 1.54) is 0 Å². The summed E-state index contributed by atoms with van der Waals surface area (Å²) in [6, 6.07) is 0. The maximum Gasteiger partial charge on any atom is 0.0122 e. The first-order valence-electron chi connectivity index (χ1n) is 2.82. The first kappa shape index (κ1) is 5.61. The van der Waals surface area contributed by atoms with Crippen molar-refractivity contribution < 1.29 is 0 Å². The van der Waals surface area contributed by atoms with Crippen LogP contribution in [0.3, 0.4) is 0 Å². The zero-order chi connectivity index (χ0) is 6.04. The van der Waals surface area contributed by atoms with Crippen molar-refractivity contribution in [2.24, 2.45) is 5.41 Å². The standard InChI is InChI=1S/C8H10/c1-8(2)6-4-3-5-7-8/h3-4,6-7H,1-2H3. The highest BCUT2D eigenvalue weighted by atomic mass is 14.1. The summed E-state index contributed by atoms with van der Waals surface area (Å²) in [5.74, 6) is 0. The van der Waals surface area contributed by atoms with E-state index in [2.05, 4.69) is 32.1 Å². The molecule has 0 aromatic carbocycles. The molecular formula is C8H10. The average Bonchev–Trinajstić information content (AvgIpc) is 1.65. The van der Waals surface area contributed by atoms with Crippen molar-refractivity contribution in [1.82, 2.24) is 0 Å². The molecular weight excluding hydrogens is 96.1 g/mol. The first-order valence-corrected chi connectivity index (χ1v) is 2.82. The van der Waals surface area contributed by atoms with Crippen LogP contribution in [-0.2, 0) is 0 Å². The van der Waals surface area contributed by atoms with E-state index < -0.39 is 0 Å². The van der Waals surface area contributed by atoms with Crippen LogP contribution in [-0.4, -0.2) is 0 Å². The van der Waals surface area contributed by atoms with E-state index >= 15 is 0 Å². The van der Waals surface area contributed by atoms with Gasteiger partial charge in [0.15, 0.2) is 0 Å². The molecule has 0 unspecified atom stereocenters. The second kappa shape index (κ2) is 1.77. The molecule has 2 radical (unpaired) electrons. The zero-order valence-electron chi connectivity index (χ0n) is 5.31. The van der Waals surface area contributed by atoms with Crippen molar-refractivity contribution in [3.63, 3.8) is 0 Å². The minimum Gasteiger partial charge on any atom is -0.0792 e. The SMILES string of the molecule is CC1(C)C=[C][CH]C=C1. The van der Waals surface area contributed by atoms with Gasteiger partial charge in [-0.15, -0.1) is 0 Å². The minimum atomic E-state index is 0.231. The fourth-order valence-corrected chi connectivity index (χ4v) is 0.663. The van der Waals surface area contributed by atoms with Gasteiger partial charge in [-0.05, 0) is 6.08 Å². The van der Waals surface area contributed by atoms with Crippen molar-refractivity contribution in [1.29, 1.82) is 0 Å². The lowest BCUT2D eigenvalue weighted by Crippen LogP contribution is -2.04. The van der Waals surface area contributed by atoms with E-state index in [0.717, 1.165) is 0 Å². The Morgan fingerprint density at radius 1 is 1.38 bits per heavy atom. The van der Waals surface area contributed by atoms with Gasteiger partial charge in [-0.25, -0.2) is 0 Å². The third kappa shape index (κ3) is 1.22. The van der Waals surface area contributed by atoms with Gasteiger partial charge < -0.3 is 0 Å². The molecule has 0 fully saturated rings. The Morgan fingerprint density at radius 3 is 2.38 bits per heavy atom. The van der Waals surface area contributed by atoms with Crippen LogP contribution >= 0.6 is 0 Å². The molecule has 8 heavy (non-hydrogen) atoms. The summed E-state index contributed by atoms with van der Waals surface area (Å²) in [6.45, 7) is 4.31. The van der Waals surface area contributed by atoms with Gasteiger partial charge in [0.2, 0.25) is 0 Å². The lowest BCUT2D eigenvalue weighted by atomic mass is 9.89. The molecule has 1 aliphatic carbocycles. The smallest absolute Gasteiger partial charge is 0.0122 e. The van der Waals surface area contributed by atoms with Gasteiger partial charge in [0.1, 0.15) is 0 Å². The maximum absolute atomic E-state index is 3.04. The van der Waals surface area contributed by atoms with Crippen molar-refractivity contribution in [2.45, 2.75) is 13.8 Å². The second-order valence-electron chi connectivity index (χ2n) is 2.66. The predicted molar refractivity (Wildman–Crippen MR) is 35.0 cm³/mol. The van der Waals surface area contributed by atoms with Gasteiger partial charge in [0.25, 0.3) is 0 Å². The third-order valence-electron chi connectivity index (χ3n) is 1.17. The van der Waals surface area contributed by atoms with Gasteiger partial charge in [0.05, 0.1) is 0 Å². The fourth-order valence-electron chi connectivity index (χ4n) is 0.663. The summed E-state index contributed by atoms with van der Waals surface area (Å²) in [7, 11) is 0.